The van der Waals surface area contributed by atoms with E-state index in [1.807, 2.05) is 12.1 Å². The molecular formula is C23H24ClFN2O3. The second-order valence-electron chi connectivity index (χ2n) is 7.97. The van der Waals surface area contributed by atoms with Crippen molar-refractivity contribution < 1.29 is 18.7 Å². The van der Waals surface area contributed by atoms with E-state index in [9.17, 15) is 14.0 Å². The number of rotatable bonds is 6. The molecule has 30 heavy (non-hydrogen) atoms. The van der Waals surface area contributed by atoms with Crippen molar-refractivity contribution in [3.8, 4) is 5.75 Å². The van der Waals surface area contributed by atoms with Crippen molar-refractivity contribution in [3.63, 3.8) is 0 Å². The third kappa shape index (κ3) is 5.11. The van der Waals surface area contributed by atoms with Crippen LogP contribution in [0, 0.1) is 11.7 Å². The summed E-state index contributed by atoms with van der Waals surface area (Å²) in [7, 11) is 0. The zero-order valence-electron chi connectivity index (χ0n) is 16.6. The standard InChI is InChI=1S/C23H24ClFN2O3/c24-20-12-17(6-9-21(20)25)23(29)27-10-2-3-15(13-27)14-30-19-5-1-4-16(11-19)22(28)26-18-7-8-18/h1,4-6,9,11-12,15,18H,2-3,7-8,10,13-14H2,(H,26,28)/t15-/m1/s1. The Morgan fingerprint density at radius 1 is 1.13 bits per heavy atom. The maximum atomic E-state index is 13.4. The Balaban J connectivity index is 1.33. The smallest absolute Gasteiger partial charge is 0.253 e. The van der Waals surface area contributed by atoms with Crippen LogP contribution in [0.25, 0.3) is 0 Å². The molecule has 7 heteroatoms. The Kier molecular flexibility index (Phi) is 6.23. The van der Waals surface area contributed by atoms with Crippen molar-refractivity contribution in [2.45, 2.75) is 31.7 Å². The Morgan fingerprint density at radius 2 is 1.97 bits per heavy atom. The number of nitrogens with zero attached hydrogens (tertiary/aromatic N) is 1. The van der Waals surface area contributed by atoms with Gasteiger partial charge in [-0.1, -0.05) is 17.7 Å². The molecule has 0 radical (unpaired) electrons. The molecule has 1 heterocycles. The van der Waals surface area contributed by atoms with Crippen molar-refractivity contribution >= 4 is 23.4 Å². The maximum Gasteiger partial charge on any atom is 0.253 e. The van der Waals surface area contributed by atoms with Crippen molar-refractivity contribution in [1.82, 2.24) is 10.2 Å². The van der Waals surface area contributed by atoms with Crippen LogP contribution in [-0.2, 0) is 0 Å². The van der Waals surface area contributed by atoms with Gasteiger partial charge in [-0.05, 0) is 62.1 Å². The molecule has 2 amide bonds. The fourth-order valence-electron chi connectivity index (χ4n) is 3.63. The van der Waals surface area contributed by atoms with Gasteiger partial charge in [-0.25, -0.2) is 4.39 Å². The minimum atomic E-state index is -0.536. The van der Waals surface area contributed by atoms with Crippen LogP contribution in [0.3, 0.4) is 0 Å². The van der Waals surface area contributed by atoms with E-state index in [2.05, 4.69) is 5.32 Å². The Hall–Kier alpha value is -2.60. The van der Waals surface area contributed by atoms with Crippen LogP contribution in [0.2, 0.25) is 5.02 Å². The number of carbonyl (C=O) groups is 2. The topological polar surface area (TPSA) is 58.6 Å². The number of benzene rings is 2. The first-order valence-corrected chi connectivity index (χ1v) is 10.7. The van der Waals surface area contributed by atoms with Gasteiger partial charge in [-0.2, -0.15) is 0 Å². The predicted molar refractivity (Wildman–Crippen MR) is 112 cm³/mol. The van der Waals surface area contributed by atoms with Crippen molar-refractivity contribution in [2.75, 3.05) is 19.7 Å². The molecule has 1 aliphatic carbocycles. The minimum absolute atomic E-state index is 0.0525. The lowest BCUT2D eigenvalue weighted by molar-refractivity contribution is 0.0633. The minimum Gasteiger partial charge on any atom is -0.493 e. The van der Waals surface area contributed by atoms with E-state index in [1.54, 1.807) is 17.0 Å². The molecule has 0 aromatic heterocycles. The monoisotopic (exact) mass is 430 g/mol. The Morgan fingerprint density at radius 3 is 2.73 bits per heavy atom. The third-order valence-corrected chi connectivity index (χ3v) is 5.76. The van der Waals surface area contributed by atoms with Gasteiger partial charge in [0.05, 0.1) is 11.6 Å². The number of hydrogen-bond donors (Lipinski definition) is 1. The molecule has 1 saturated heterocycles. The van der Waals surface area contributed by atoms with Crippen molar-refractivity contribution in [1.29, 1.82) is 0 Å². The zero-order valence-corrected chi connectivity index (χ0v) is 17.3. The van der Waals surface area contributed by atoms with Crippen LogP contribution in [-0.4, -0.2) is 42.5 Å². The molecule has 1 saturated carbocycles. The molecular weight excluding hydrogens is 407 g/mol. The van der Waals surface area contributed by atoms with Gasteiger partial charge in [0.1, 0.15) is 11.6 Å². The van der Waals surface area contributed by atoms with E-state index in [-0.39, 0.29) is 22.8 Å². The van der Waals surface area contributed by atoms with Crippen LogP contribution < -0.4 is 10.1 Å². The molecule has 1 atom stereocenters. The highest BCUT2D eigenvalue weighted by atomic mass is 35.5. The van der Waals surface area contributed by atoms with Crippen LogP contribution in [0.5, 0.6) is 5.75 Å². The van der Waals surface area contributed by atoms with Gasteiger partial charge in [-0.3, -0.25) is 9.59 Å². The molecule has 0 unspecified atom stereocenters. The average molecular weight is 431 g/mol. The predicted octanol–water partition coefficient (Wildman–Crippen LogP) is 4.30. The number of piperidine rings is 1. The van der Waals surface area contributed by atoms with Gasteiger partial charge in [0.2, 0.25) is 0 Å². The molecule has 4 rings (SSSR count). The molecule has 0 spiro atoms. The van der Waals surface area contributed by atoms with Crippen LogP contribution in [0.4, 0.5) is 4.39 Å². The van der Waals surface area contributed by atoms with Gasteiger partial charge in [0.25, 0.3) is 11.8 Å². The highest BCUT2D eigenvalue weighted by molar-refractivity contribution is 6.31. The summed E-state index contributed by atoms with van der Waals surface area (Å²) < 4.78 is 19.3. The van der Waals surface area contributed by atoms with E-state index in [1.165, 1.54) is 18.2 Å². The molecule has 2 aromatic rings. The van der Waals surface area contributed by atoms with Gasteiger partial charge < -0.3 is 15.0 Å². The lowest BCUT2D eigenvalue weighted by Crippen LogP contribution is -2.41. The van der Waals surface area contributed by atoms with Crippen LogP contribution in [0.15, 0.2) is 42.5 Å². The van der Waals surface area contributed by atoms with E-state index < -0.39 is 5.82 Å². The fourth-order valence-corrected chi connectivity index (χ4v) is 3.82. The number of hydrogen-bond acceptors (Lipinski definition) is 3. The summed E-state index contributed by atoms with van der Waals surface area (Å²) >= 11 is 5.82. The fraction of sp³-hybridized carbons (Fsp3) is 0.391. The zero-order chi connectivity index (χ0) is 21.1. The summed E-state index contributed by atoms with van der Waals surface area (Å²) in [5.41, 5.74) is 0.977. The summed E-state index contributed by atoms with van der Waals surface area (Å²) in [5.74, 6) is 0.0663. The molecule has 0 bridgehead atoms. The number of likely N-dealkylation sites (tertiary alicyclic amines) is 1. The molecule has 2 fully saturated rings. The summed E-state index contributed by atoms with van der Waals surface area (Å²) in [4.78, 5) is 26.7. The average Bonchev–Trinajstić information content (AvgIpc) is 3.58. The molecule has 1 N–H and O–H groups in total. The third-order valence-electron chi connectivity index (χ3n) is 5.47. The van der Waals surface area contributed by atoms with Gasteiger partial charge in [0.15, 0.2) is 0 Å². The van der Waals surface area contributed by atoms with Crippen LogP contribution >= 0.6 is 11.6 Å². The van der Waals surface area contributed by atoms with Gasteiger partial charge >= 0.3 is 0 Å². The number of halogens is 2. The van der Waals surface area contributed by atoms with Gasteiger partial charge in [-0.15, -0.1) is 0 Å². The number of nitrogens with one attached hydrogen (secondary N) is 1. The van der Waals surface area contributed by atoms with E-state index in [0.717, 1.165) is 25.7 Å². The van der Waals surface area contributed by atoms with Crippen molar-refractivity contribution in [3.05, 3.63) is 64.4 Å². The van der Waals surface area contributed by atoms with E-state index in [4.69, 9.17) is 16.3 Å². The van der Waals surface area contributed by atoms with Gasteiger partial charge in [0, 0.05) is 36.2 Å². The molecule has 5 nitrogen and oxygen atoms in total. The Bertz CT molecular complexity index is 948. The highest BCUT2D eigenvalue weighted by Gasteiger charge is 2.26. The summed E-state index contributed by atoms with van der Waals surface area (Å²) in [5, 5.41) is 2.92. The molecule has 2 aromatic carbocycles. The lowest BCUT2D eigenvalue weighted by atomic mass is 9.98. The highest BCUT2D eigenvalue weighted by Crippen LogP contribution is 2.24. The number of carbonyl (C=O) groups excluding carboxylic acids is 2. The first-order chi connectivity index (χ1) is 14.5. The largest absolute Gasteiger partial charge is 0.493 e. The van der Waals surface area contributed by atoms with E-state index >= 15 is 0 Å². The molecule has 1 aliphatic heterocycles. The lowest BCUT2D eigenvalue weighted by Gasteiger charge is -2.32. The SMILES string of the molecule is O=C(NC1CC1)c1cccc(OC[C@@H]2CCCN(C(=O)c3ccc(F)c(Cl)c3)C2)c1. The number of amides is 2. The quantitative estimate of drug-likeness (QED) is 0.743. The molecule has 2 aliphatic rings. The van der Waals surface area contributed by atoms with Crippen LogP contribution in [0.1, 0.15) is 46.4 Å². The number of ether oxygens (including phenoxy) is 1. The Labute approximate surface area is 180 Å². The normalized spacial score (nSPS) is 18.7. The summed E-state index contributed by atoms with van der Waals surface area (Å²) in [6.07, 6.45) is 3.92. The second kappa shape index (κ2) is 9.04. The van der Waals surface area contributed by atoms with Crippen molar-refractivity contribution in [2.24, 2.45) is 5.92 Å². The second-order valence-corrected chi connectivity index (χ2v) is 8.38. The molecule has 158 valence electrons. The maximum absolute atomic E-state index is 13.4. The summed E-state index contributed by atoms with van der Waals surface area (Å²) in [6.45, 7) is 1.68. The first kappa shape index (κ1) is 20.7. The summed E-state index contributed by atoms with van der Waals surface area (Å²) in [6, 6.07) is 11.5. The van der Waals surface area contributed by atoms with E-state index in [0.29, 0.717) is 42.6 Å². The first-order valence-electron chi connectivity index (χ1n) is 10.3.